The van der Waals surface area contributed by atoms with Crippen LogP contribution in [-0.4, -0.2) is 92.7 Å². The van der Waals surface area contributed by atoms with Crippen LogP contribution >= 0.6 is 0 Å². The van der Waals surface area contributed by atoms with Gasteiger partial charge in [0.2, 0.25) is 5.78 Å². The van der Waals surface area contributed by atoms with E-state index in [2.05, 4.69) is 0 Å². The number of halogens is 4. The smallest absolute Gasteiger partial charge is 0.401 e. The van der Waals surface area contributed by atoms with Crippen LogP contribution in [0, 0.1) is 23.6 Å². The van der Waals surface area contributed by atoms with E-state index < -0.39 is 100 Å². The van der Waals surface area contributed by atoms with Gasteiger partial charge in [-0.05, 0) is 57.7 Å². The third-order valence-electron chi connectivity index (χ3n) is 8.74. The molecule has 0 heterocycles. The van der Waals surface area contributed by atoms with E-state index >= 15 is 4.39 Å². The number of aliphatic hydroxyl groups excluding tert-OH is 2. The Hall–Kier alpha value is -3.49. The quantitative estimate of drug-likeness (QED) is 0.234. The predicted octanol–water partition coefficient (Wildman–Crippen LogP) is 2.03. The molecule has 4 atom stereocenters. The number of benzene rings is 1. The van der Waals surface area contributed by atoms with Crippen molar-refractivity contribution in [3.63, 3.8) is 0 Å². The summed E-state index contributed by atoms with van der Waals surface area (Å²) in [5.41, 5.74) is 0.0205. The van der Waals surface area contributed by atoms with Crippen molar-refractivity contribution in [2.75, 3.05) is 27.2 Å². The van der Waals surface area contributed by atoms with E-state index in [4.69, 9.17) is 5.73 Å². The van der Waals surface area contributed by atoms with Gasteiger partial charge in [-0.15, -0.1) is 0 Å². The molecule has 1 fully saturated rings. The van der Waals surface area contributed by atoms with E-state index in [0.717, 1.165) is 23.8 Å². The van der Waals surface area contributed by atoms with Crippen molar-refractivity contribution in [1.29, 1.82) is 0 Å². The Labute approximate surface area is 237 Å². The summed E-state index contributed by atoms with van der Waals surface area (Å²) in [6, 6.07) is -0.334. The molecule has 228 valence electrons. The Morgan fingerprint density at radius 2 is 1.81 bits per heavy atom. The maximum absolute atomic E-state index is 15.9. The summed E-state index contributed by atoms with van der Waals surface area (Å²) < 4.78 is 55.6. The number of alkyl halides is 3. The van der Waals surface area contributed by atoms with Crippen LogP contribution in [0.5, 0.6) is 5.75 Å². The fourth-order valence-electron chi connectivity index (χ4n) is 6.81. The number of phenols is 1. The highest BCUT2D eigenvalue weighted by atomic mass is 19.4. The second-order valence-corrected chi connectivity index (χ2v) is 11.9. The molecule has 0 aliphatic heterocycles. The number of aromatic hydroxyl groups is 1. The van der Waals surface area contributed by atoms with Gasteiger partial charge in [-0.1, -0.05) is 0 Å². The van der Waals surface area contributed by atoms with Crippen LogP contribution in [0.2, 0.25) is 0 Å². The molecule has 1 amide bonds. The molecule has 1 aromatic rings. The van der Waals surface area contributed by atoms with E-state index in [1.165, 1.54) is 19.0 Å². The topological polar surface area (TPSA) is 165 Å². The molecule has 6 N–H and O–H groups in total. The van der Waals surface area contributed by atoms with Crippen LogP contribution in [0.15, 0.2) is 28.7 Å². The van der Waals surface area contributed by atoms with Gasteiger partial charge in [0.1, 0.15) is 28.7 Å². The number of nitrogens with two attached hydrogens (primary N) is 1. The first-order chi connectivity index (χ1) is 19.5. The number of fused-ring (bicyclic) bond motifs is 3. The fourth-order valence-corrected chi connectivity index (χ4v) is 6.81. The molecule has 0 bridgehead atoms. The number of phenolic OH excluding ortho intramolecular Hbond substituents is 1. The van der Waals surface area contributed by atoms with Crippen molar-refractivity contribution in [3.8, 4) is 5.75 Å². The van der Waals surface area contributed by atoms with Crippen LogP contribution in [0.25, 0.3) is 0 Å². The number of amides is 1. The summed E-state index contributed by atoms with van der Waals surface area (Å²) in [6.45, 7) is -1.67. The first-order valence-electron chi connectivity index (χ1n) is 13.4. The molecule has 1 saturated carbocycles. The number of allylic oxidation sites excluding steroid dienone is 1. The van der Waals surface area contributed by atoms with E-state index in [1.54, 1.807) is 0 Å². The van der Waals surface area contributed by atoms with Crippen LogP contribution < -0.4 is 5.73 Å². The number of likely N-dealkylation sites (N-methyl/N-ethyl adjacent to an activating group) is 1. The molecule has 1 aromatic carbocycles. The molecule has 4 aliphatic carbocycles. The lowest BCUT2D eigenvalue weighted by molar-refractivity contribution is -0.149. The lowest BCUT2D eigenvalue weighted by Crippen LogP contribution is -2.63. The van der Waals surface area contributed by atoms with E-state index in [1.807, 2.05) is 0 Å². The molecular formula is C28H31F4N3O7. The SMILES string of the molecule is CN(C)[C@@H]1C(O)=C(C(N)=O)C(=O)[C@@]2(O)C(O)=C3C(=O)c4c(O)cc(CN(CC5CC5)CC(F)(F)F)c(F)c4C[C@H]3C[C@@H]12. The zero-order valence-corrected chi connectivity index (χ0v) is 22.8. The summed E-state index contributed by atoms with van der Waals surface area (Å²) in [7, 11) is 2.96. The maximum atomic E-state index is 15.9. The van der Waals surface area contributed by atoms with Gasteiger partial charge in [0.25, 0.3) is 5.91 Å². The van der Waals surface area contributed by atoms with Gasteiger partial charge in [-0.25, -0.2) is 4.39 Å². The van der Waals surface area contributed by atoms with Crippen molar-refractivity contribution >= 4 is 17.5 Å². The maximum Gasteiger partial charge on any atom is 0.401 e. The molecule has 14 heteroatoms. The van der Waals surface area contributed by atoms with Gasteiger partial charge < -0.3 is 26.2 Å². The highest BCUT2D eigenvalue weighted by Crippen LogP contribution is 2.52. The number of carbonyl (C=O) groups excluding carboxylic acids is 3. The summed E-state index contributed by atoms with van der Waals surface area (Å²) in [5.74, 6) is -9.59. The fraction of sp³-hybridized carbons (Fsp3) is 0.536. The van der Waals surface area contributed by atoms with Gasteiger partial charge in [0, 0.05) is 35.7 Å². The first-order valence-corrected chi connectivity index (χ1v) is 13.4. The minimum absolute atomic E-state index is 0.0586. The number of primary amides is 1. The van der Waals surface area contributed by atoms with Gasteiger partial charge in [0.15, 0.2) is 11.4 Å². The average molecular weight is 598 g/mol. The van der Waals surface area contributed by atoms with Gasteiger partial charge in [-0.3, -0.25) is 24.2 Å². The van der Waals surface area contributed by atoms with E-state index in [9.17, 15) is 48.0 Å². The molecule has 0 saturated heterocycles. The molecule has 0 aromatic heterocycles. The molecule has 0 unspecified atom stereocenters. The lowest BCUT2D eigenvalue weighted by Gasteiger charge is -2.50. The Morgan fingerprint density at radius 1 is 1.17 bits per heavy atom. The summed E-state index contributed by atoms with van der Waals surface area (Å²) in [5, 5.41) is 44.5. The van der Waals surface area contributed by atoms with Crippen molar-refractivity contribution < 1.29 is 52.4 Å². The van der Waals surface area contributed by atoms with Gasteiger partial charge in [0.05, 0.1) is 18.2 Å². The molecule has 10 nitrogen and oxygen atoms in total. The molecule has 0 radical (unpaired) electrons. The van der Waals surface area contributed by atoms with E-state index in [0.29, 0.717) is 0 Å². The average Bonchev–Trinajstić information content (AvgIpc) is 3.67. The number of hydrogen-bond acceptors (Lipinski definition) is 9. The number of Topliss-reactive ketones (excluding diaryl/α,β-unsaturated/α-hetero) is 2. The highest BCUT2D eigenvalue weighted by molar-refractivity contribution is 6.24. The molecule has 4 aliphatic rings. The van der Waals surface area contributed by atoms with Gasteiger partial charge >= 0.3 is 6.18 Å². The Morgan fingerprint density at radius 3 is 2.36 bits per heavy atom. The third-order valence-corrected chi connectivity index (χ3v) is 8.74. The van der Waals surface area contributed by atoms with Crippen LogP contribution in [0.3, 0.4) is 0 Å². The van der Waals surface area contributed by atoms with Crippen LogP contribution in [-0.2, 0) is 22.6 Å². The summed E-state index contributed by atoms with van der Waals surface area (Å²) >= 11 is 0. The minimum atomic E-state index is -4.54. The summed E-state index contributed by atoms with van der Waals surface area (Å²) in [6.07, 6.45) is -3.56. The van der Waals surface area contributed by atoms with E-state index in [-0.39, 0.29) is 36.4 Å². The Balaban J connectivity index is 1.58. The van der Waals surface area contributed by atoms with Crippen molar-refractivity contribution in [3.05, 3.63) is 51.2 Å². The number of aliphatic hydroxyl groups is 3. The first kappa shape index (κ1) is 30.0. The van der Waals surface area contributed by atoms with Crippen LogP contribution in [0.4, 0.5) is 17.6 Å². The zero-order valence-electron chi connectivity index (χ0n) is 22.8. The highest BCUT2D eigenvalue weighted by Gasteiger charge is 2.63. The Kier molecular flexibility index (Phi) is 7.18. The normalized spacial score (nSPS) is 27.9. The molecule has 42 heavy (non-hydrogen) atoms. The van der Waals surface area contributed by atoms with Gasteiger partial charge in [-0.2, -0.15) is 13.2 Å². The molecule has 5 rings (SSSR count). The number of rotatable bonds is 7. The van der Waals surface area contributed by atoms with Crippen molar-refractivity contribution in [1.82, 2.24) is 9.80 Å². The number of hydrogen-bond donors (Lipinski definition) is 5. The number of carbonyl (C=O) groups is 3. The van der Waals surface area contributed by atoms with Crippen LogP contribution in [0.1, 0.15) is 40.7 Å². The summed E-state index contributed by atoms with van der Waals surface area (Å²) in [4.78, 5) is 41.4. The molecular weight excluding hydrogens is 566 g/mol. The monoisotopic (exact) mass is 597 g/mol. The van der Waals surface area contributed by atoms with Crippen molar-refractivity contribution in [2.45, 2.75) is 50.0 Å². The number of ketones is 2. The lowest BCUT2D eigenvalue weighted by atomic mass is 9.58. The second kappa shape index (κ2) is 10.1. The number of nitrogens with zero attached hydrogens (tertiary/aromatic N) is 2. The minimum Gasteiger partial charge on any atom is -0.510 e. The standard InChI is InChI=1S/C28H31F4N3O7/c1-34(2)21-15-6-12-5-14-18(22(37)17(12)24(39)28(15,42)25(40)19(23(21)38)26(33)41)16(36)7-13(20(14)29)9-35(8-11-3-4-11)10-27(30,31)32/h7,11-12,15,21,36,38-39,42H,3-6,8-10H2,1-2H3,(H2,33,41)/t12-,15-,21-,28-/m0/s1. The zero-order chi connectivity index (χ0) is 31.0. The Bertz CT molecular complexity index is 1450. The predicted molar refractivity (Wildman–Crippen MR) is 138 cm³/mol. The second-order valence-electron chi connectivity index (χ2n) is 11.9. The van der Waals surface area contributed by atoms with Crippen molar-refractivity contribution in [2.24, 2.45) is 23.5 Å². The largest absolute Gasteiger partial charge is 0.510 e. The molecule has 0 spiro atoms. The third kappa shape index (κ3) is 4.74.